The fourth-order valence-electron chi connectivity index (χ4n) is 3.77. The van der Waals surface area contributed by atoms with Crippen LogP contribution in [0.25, 0.3) is 0 Å². The normalized spacial score (nSPS) is 13.7. The minimum atomic E-state index is 0.571. The Balaban J connectivity index is 1.82. The average molecular weight is 360 g/mol. The van der Waals surface area contributed by atoms with Crippen molar-refractivity contribution in [1.82, 2.24) is 0 Å². The van der Waals surface area contributed by atoms with Crippen LogP contribution in [0.2, 0.25) is 0 Å². The zero-order chi connectivity index (χ0) is 19.3. The molecule has 0 spiro atoms. The smallest absolute Gasteiger partial charge is 0.0666 e. The highest BCUT2D eigenvalue weighted by molar-refractivity contribution is 5.20. The van der Waals surface area contributed by atoms with Gasteiger partial charge >= 0.3 is 0 Å². The first-order valence-corrected chi connectivity index (χ1v) is 10.4. The zero-order valence-corrected chi connectivity index (χ0v) is 16.9. The van der Waals surface area contributed by atoms with Gasteiger partial charge in [0.1, 0.15) is 0 Å². The van der Waals surface area contributed by atoms with Gasteiger partial charge in [-0.15, -0.1) is 0 Å². The van der Waals surface area contributed by atoms with Gasteiger partial charge in [0.05, 0.1) is 12.5 Å². The van der Waals surface area contributed by atoms with Crippen molar-refractivity contribution in [3.8, 4) is 6.07 Å². The monoisotopic (exact) mass is 359 g/mol. The predicted molar refractivity (Wildman–Crippen MR) is 116 cm³/mol. The summed E-state index contributed by atoms with van der Waals surface area (Å²) in [4.78, 5) is 0. The van der Waals surface area contributed by atoms with Gasteiger partial charge in [-0.05, 0) is 61.5 Å². The van der Waals surface area contributed by atoms with Crippen LogP contribution in [-0.2, 0) is 0 Å². The Hall–Kier alpha value is -2.33. The molecule has 0 aliphatic heterocycles. The summed E-state index contributed by atoms with van der Waals surface area (Å²) in [7, 11) is 0. The van der Waals surface area contributed by atoms with Crippen molar-refractivity contribution in [2.45, 2.75) is 70.6 Å². The van der Waals surface area contributed by atoms with E-state index in [4.69, 9.17) is 5.26 Å². The number of allylic oxidation sites excluding steroid dienone is 2. The Labute approximate surface area is 165 Å². The summed E-state index contributed by atoms with van der Waals surface area (Å²) in [6.07, 6.45) is 9.68. The molecule has 2 aromatic rings. The van der Waals surface area contributed by atoms with E-state index in [1.54, 1.807) is 0 Å². The number of hydrogen-bond donors (Lipinski definition) is 0. The van der Waals surface area contributed by atoms with Gasteiger partial charge in [-0.1, -0.05) is 86.2 Å². The molecule has 142 valence electrons. The molecule has 2 unspecified atom stereocenters. The molecule has 0 bridgehead atoms. The van der Waals surface area contributed by atoms with Crippen LogP contribution in [0.3, 0.4) is 0 Å². The summed E-state index contributed by atoms with van der Waals surface area (Å²) in [6, 6.07) is 23.9. The quantitative estimate of drug-likeness (QED) is 0.376. The Bertz CT molecular complexity index is 709. The molecule has 1 nitrogen and oxygen atoms in total. The van der Waals surface area contributed by atoms with E-state index in [2.05, 4.69) is 86.7 Å². The largest absolute Gasteiger partial charge is 0.198 e. The summed E-state index contributed by atoms with van der Waals surface area (Å²) in [6.45, 7) is 4.57. The molecule has 0 aliphatic carbocycles. The molecule has 0 amide bonds. The molecular formula is C26H33N. The van der Waals surface area contributed by atoms with Gasteiger partial charge in [-0.3, -0.25) is 0 Å². The minimum Gasteiger partial charge on any atom is -0.198 e. The van der Waals surface area contributed by atoms with Gasteiger partial charge in [-0.2, -0.15) is 5.26 Å². The number of benzene rings is 2. The molecule has 0 aromatic heterocycles. The fourth-order valence-corrected chi connectivity index (χ4v) is 3.77. The molecule has 0 saturated carbocycles. The van der Waals surface area contributed by atoms with Crippen molar-refractivity contribution >= 4 is 0 Å². The van der Waals surface area contributed by atoms with Gasteiger partial charge in [0.15, 0.2) is 0 Å². The molecule has 27 heavy (non-hydrogen) atoms. The van der Waals surface area contributed by atoms with E-state index < -0.39 is 0 Å². The maximum absolute atomic E-state index is 9.17. The SMILES string of the molecule is CCC(CC/C=C(/CC#N)CCCC(C)c1ccccc1)c1ccccc1. The van der Waals surface area contributed by atoms with Crippen LogP contribution in [0.4, 0.5) is 0 Å². The minimum absolute atomic E-state index is 0.571. The predicted octanol–water partition coefficient (Wildman–Crippen LogP) is 7.77. The molecule has 0 saturated heterocycles. The molecule has 0 N–H and O–H groups in total. The Morgan fingerprint density at radius 2 is 1.59 bits per heavy atom. The molecule has 0 fully saturated rings. The number of hydrogen-bond acceptors (Lipinski definition) is 1. The van der Waals surface area contributed by atoms with Crippen molar-refractivity contribution in [3.63, 3.8) is 0 Å². The van der Waals surface area contributed by atoms with E-state index in [9.17, 15) is 0 Å². The lowest BCUT2D eigenvalue weighted by Crippen LogP contribution is -1.97. The first-order valence-electron chi connectivity index (χ1n) is 10.4. The third-order valence-electron chi connectivity index (χ3n) is 5.52. The standard InChI is InChI=1S/C26H33N/c1-3-24(26-17-8-5-9-18-26)19-11-14-23(20-21-27)13-10-12-22(2)25-15-6-4-7-16-25/h4-9,14-18,22,24H,3,10-13,19-20H2,1-2H3/b23-14+. The molecule has 0 aliphatic rings. The Kier molecular flexibility index (Phi) is 9.42. The van der Waals surface area contributed by atoms with Gasteiger partial charge in [0.25, 0.3) is 0 Å². The van der Waals surface area contributed by atoms with Crippen molar-refractivity contribution < 1.29 is 0 Å². The maximum Gasteiger partial charge on any atom is 0.0666 e. The van der Waals surface area contributed by atoms with Gasteiger partial charge in [-0.25, -0.2) is 0 Å². The topological polar surface area (TPSA) is 23.8 Å². The molecule has 2 aromatic carbocycles. The van der Waals surface area contributed by atoms with E-state index in [0.717, 1.165) is 25.7 Å². The number of nitriles is 1. The van der Waals surface area contributed by atoms with Crippen molar-refractivity contribution in [1.29, 1.82) is 5.26 Å². The van der Waals surface area contributed by atoms with Crippen LogP contribution < -0.4 is 0 Å². The maximum atomic E-state index is 9.17. The lowest BCUT2D eigenvalue weighted by atomic mass is 9.90. The molecular weight excluding hydrogens is 326 g/mol. The van der Waals surface area contributed by atoms with Crippen molar-refractivity contribution in [2.24, 2.45) is 0 Å². The van der Waals surface area contributed by atoms with Crippen LogP contribution in [-0.4, -0.2) is 0 Å². The van der Waals surface area contributed by atoms with E-state index in [1.165, 1.54) is 29.5 Å². The second kappa shape index (κ2) is 12.1. The second-order valence-electron chi connectivity index (χ2n) is 7.49. The van der Waals surface area contributed by atoms with Gasteiger partial charge in [0, 0.05) is 0 Å². The van der Waals surface area contributed by atoms with Crippen molar-refractivity contribution in [2.75, 3.05) is 0 Å². The molecule has 0 heterocycles. The van der Waals surface area contributed by atoms with Crippen LogP contribution in [0.15, 0.2) is 72.3 Å². The van der Waals surface area contributed by atoms with E-state index in [-0.39, 0.29) is 0 Å². The van der Waals surface area contributed by atoms with Crippen LogP contribution in [0.5, 0.6) is 0 Å². The van der Waals surface area contributed by atoms with Crippen LogP contribution in [0, 0.1) is 11.3 Å². The Morgan fingerprint density at radius 3 is 2.19 bits per heavy atom. The lowest BCUT2D eigenvalue weighted by Gasteiger charge is -2.15. The van der Waals surface area contributed by atoms with E-state index in [1.807, 2.05) is 0 Å². The van der Waals surface area contributed by atoms with Gasteiger partial charge < -0.3 is 0 Å². The van der Waals surface area contributed by atoms with Gasteiger partial charge in [0.2, 0.25) is 0 Å². The second-order valence-corrected chi connectivity index (χ2v) is 7.49. The number of nitrogens with zero attached hydrogens (tertiary/aromatic N) is 1. The summed E-state index contributed by atoms with van der Waals surface area (Å²) < 4.78 is 0. The highest BCUT2D eigenvalue weighted by Gasteiger charge is 2.09. The first-order chi connectivity index (χ1) is 13.2. The highest BCUT2D eigenvalue weighted by Crippen LogP contribution is 2.26. The Morgan fingerprint density at radius 1 is 0.963 bits per heavy atom. The molecule has 2 rings (SSSR count). The van der Waals surface area contributed by atoms with E-state index in [0.29, 0.717) is 18.3 Å². The third kappa shape index (κ3) is 7.43. The molecule has 1 heteroatoms. The summed E-state index contributed by atoms with van der Waals surface area (Å²) in [5, 5.41) is 9.17. The van der Waals surface area contributed by atoms with E-state index >= 15 is 0 Å². The summed E-state index contributed by atoms with van der Waals surface area (Å²) >= 11 is 0. The summed E-state index contributed by atoms with van der Waals surface area (Å²) in [5.74, 6) is 1.20. The lowest BCUT2D eigenvalue weighted by molar-refractivity contribution is 0.606. The average Bonchev–Trinajstić information content (AvgIpc) is 2.72. The fraction of sp³-hybridized carbons (Fsp3) is 0.423. The molecule has 0 radical (unpaired) electrons. The first kappa shape index (κ1) is 21.0. The van der Waals surface area contributed by atoms with Crippen LogP contribution >= 0.6 is 0 Å². The van der Waals surface area contributed by atoms with Crippen molar-refractivity contribution in [3.05, 3.63) is 83.4 Å². The van der Waals surface area contributed by atoms with Crippen LogP contribution in [0.1, 0.15) is 81.8 Å². The summed E-state index contributed by atoms with van der Waals surface area (Å²) in [5.41, 5.74) is 4.17. The highest BCUT2D eigenvalue weighted by atomic mass is 14.2. The third-order valence-corrected chi connectivity index (χ3v) is 5.52. The molecule has 2 atom stereocenters. The zero-order valence-electron chi connectivity index (χ0n) is 16.9. The number of rotatable bonds is 11.